The van der Waals surface area contributed by atoms with Crippen LogP contribution in [0, 0.1) is 0 Å². The van der Waals surface area contributed by atoms with Crippen LogP contribution in [0.15, 0.2) is 36.1 Å². The first-order valence-corrected chi connectivity index (χ1v) is 8.25. The third kappa shape index (κ3) is 4.99. The van der Waals surface area contributed by atoms with Crippen molar-refractivity contribution in [2.75, 3.05) is 5.75 Å². The van der Waals surface area contributed by atoms with Crippen LogP contribution < -0.4 is 5.32 Å². The Morgan fingerprint density at radius 1 is 1.45 bits per heavy atom. The summed E-state index contributed by atoms with van der Waals surface area (Å²) < 4.78 is 0.695. The Hall–Kier alpha value is -1.31. The second kappa shape index (κ2) is 8.08. The van der Waals surface area contributed by atoms with Gasteiger partial charge in [0.15, 0.2) is 10.8 Å². The van der Waals surface area contributed by atoms with E-state index in [-0.39, 0.29) is 5.78 Å². The van der Waals surface area contributed by atoms with Gasteiger partial charge in [-0.3, -0.25) is 9.78 Å². The third-order valence-corrected chi connectivity index (χ3v) is 4.52. The lowest BCUT2D eigenvalue weighted by atomic mass is 10.3. The Morgan fingerprint density at radius 3 is 3.05 bits per heavy atom. The molecular formula is C13H13N3OS3. The van der Waals surface area contributed by atoms with Gasteiger partial charge in [-0.25, -0.2) is 4.98 Å². The second-order valence-corrected chi connectivity index (χ2v) is 6.53. The van der Waals surface area contributed by atoms with E-state index in [9.17, 15) is 4.79 Å². The summed E-state index contributed by atoms with van der Waals surface area (Å²) in [5.41, 5.74) is 1.08. The molecule has 0 aliphatic heterocycles. The SMILES string of the molecule is O=C(CCSC(=S)NCc1cccnc1)c1nccs1. The van der Waals surface area contributed by atoms with Crippen molar-refractivity contribution in [3.63, 3.8) is 0 Å². The van der Waals surface area contributed by atoms with Crippen molar-refractivity contribution in [1.29, 1.82) is 0 Å². The van der Waals surface area contributed by atoms with Gasteiger partial charge in [0, 0.05) is 42.7 Å². The quantitative estimate of drug-likeness (QED) is 0.651. The smallest absolute Gasteiger partial charge is 0.192 e. The number of thiocarbonyl (C=S) groups is 1. The molecule has 2 aromatic rings. The molecule has 1 N–H and O–H groups in total. The first-order valence-electron chi connectivity index (χ1n) is 5.98. The summed E-state index contributed by atoms with van der Waals surface area (Å²) >= 11 is 8.06. The topological polar surface area (TPSA) is 54.9 Å². The number of carbonyl (C=O) groups is 1. The van der Waals surface area contributed by atoms with Crippen molar-refractivity contribution in [2.24, 2.45) is 0 Å². The summed E-state index contributed by atoms with van der Waals surface area (Å²) in [4.78, 5) is 19.8. The van der Waals surface area contributed by atoms with Crippen LogP contribution in [-0.2, 0) is 6.54 Å². The van der Waals surface area contributed by atoms with E-state index in [1.807, 2.05) is 12.1 Å². The maximum absolute atomic E-state index is 11.7. The van der Waals surface area contributed by atoms with Crippen molar-refractivity contribution >= 4 is 45.4 Å². The zero-order valence-electron chi connectivity index (χ0n) is 10.6. The Morgan fingerprint density at radius 2 is 2.35 bits per heavy atom. The molecule has 0 saturated carbocycles. The number of rotatable bonds is 6. The molecule has 0 atom stereocenters. The molecular weight excluding hydrogens is 310 g/mol. The minimum Gasteiger partial charge on any atom is -0.367 e. The number of thiazole rings is 1. The average molecular weight is 323 g/mol. The van der Waals surface area contributed by atoms with Gasteiger partial charge < -0.3 is 5.32 Å². The molecule has 0 aliphatic carbocycles. The molecule has 0 unspecified atom stereocenters. The van der Waals surface area contributed by atoms with Crippen molar-refractivity contribution in [2.45, 2.75) is 13.0 Å². The highest BCUT2D eigenvalue weighted by atomic mass is 32.2. The highest BCUT2D eigenvalue weighted by molar-refractivity contribution is 8.22. The summed E-state index contributed by atoms with van der Waals surface area (Å²) in [6.45, 7) is 0.653. The van der Waals surface area contributed by atoms with E-state index in [2.05, 4.69) is 15.3 Å². The molecule has 104 valence electrons. The summed E-state index contributed by atoms with van der Waals surface area (Å²) in [5, 5.41) is 5.51. The summed E-state index contributed by atoms with van der Waals surface area (Å²) in [6, 6.07) is 3.87. The maximum atomic E-state index is 11.7. The van der Waals surface area contributed by atoms with E-state index < -0.39 is 0 Å². The number of carbonyl (C=O) groups excluding carboxylic acids is 1. The number of pyridine rings is 1. The fourth-order valence-corrected chi connectivity index (χ4v) is 3.01. The van der Waals surface area contributed by atoms with Crippen molar-refractivity contribution in [3.05, 3.63) is 46.7 Å². The number of hydrogen-bond donors (Lipinski definition) is 1. The molecule has 7 heteroatoms. The summed E-state index contributed by atoms with van der Waals surface area (Å²) in [6.07, 6.45) is 5.63. The first kappa shape index (κ1) is 15.1. The average Bonchev–Trinajstić information content (AvgIpc) is 3.00. The predicted molar refractivity (Wildman–Crippen MR) is 87.2 cm³/mol. The highest BCUT2D eigenvalue weighted by Crippen LogP contribution is 2.11. The number of ketones is 1. The minimum absolute atomic E-state index is 0.0718. The molecule has 0 fully saturated rings. The van der Waals surface area contributed by atoms with Crippen LogP contribution in [0.3, 0.4) is 0 Å². The molecule has 4 nitrogen and oxygen atoms in total. The standard InChI is InChI=1S/C13H13N3OS3/c17-11(12-15-5-7-19-12)3-6-20-13(18)16-9-10-2-1-4-14-8-10/h1-2,4-5,7-8H,3,6,9H2,(H,16,18). The fourth-order valence-electron chi connectivity index (χ4n) is 1.43. The lowest BCUT2D eigenvalue weighted by molar-refractivity contribution is 0.0989. The Balaban J connectivity index is 1.64. The zero-order valence-corrected chi connectivity index (χ0v) is 13.1. The molecule has 0 aliphatic rings. The zero-order chi connectivity index (χ0) is 14.2. The molecule has 0 aromatic carbocycles. The largest absolute Gasteiger partial charge is 0.367 e. The van der Waals surface area contributed by atoms with E-state index in [0.717, 1.165) is 5.56 Å². The number of nitrogens with one attached hydrogen (secondary N) is 1. The van der Waals surface area contributed by atoms with E-state index in [1.165, 1.54) is 23.1 Å². The van der Waals surface area contributed by atoms with E-state index in [1.54, 1.807) is 24.0 Å². The molecule has 0 radical (unpaired) electrons. The normalized spacial score (nSPS) is 10.2. The van der Waals surface area contributed by atoms with Crippen LogP contribution in [0.4, 0.5) is 0 Å². The van der Waals surface area contributed by atoms with Gasteiger partial charge in [0.05, 0.1) is 0 Å². The van der Waals surface area contributed by atoms with Gasteiger partial charge in [-0.2, -0.15) is 0 Å². The molecule has 0 bridgehead atoms. The molecule has 2 heterocycles. The van der Waals surface area contributed by atoms with Gasteiger partial charge in [0.1, 0.15) is 4.32 Å². The van der Waals surface area contributed by atoms with Crippen molar-refractivity contribution < 1.29 is 4.79 Å². The molecule has 0 amide bonds. The van der Waals surface area contributed by atoms with Crippen molar-refractivity contribution in [3.8, 4) is 0 Å². The van der Waals surface area contributed by atoms with Crippen molar-refractivity contribution in [1.82, 2.24) is 15.3 Å². The summed E-state index contributed by atoms with van der Waals surface area (Å²) in [5.74, 6) is 0.736. The Kier molecular flexibility index (Phi) is 6.10. The van der Waals surface area contributed by atoms with Gasteiger partial charge in [0.2, 0.25) is 0 Å². The van der Waals surface area contributed by atoms with Crippen LogP contribution >= 0.6 is 35.3 Å². The number of aromatic nitrogens is 2. The van der Waals surface area contributed by atoms with E-state index in [4.69, 9.17) is 12.2 Å². The van der Waals surface area contributed by atoms with Crippen LogP contribution in [0.25, 0.3) is 0 Å². The lowest BCUT2D eigenvalue weighted by Crippen LogP contribution is -2.18. The Bertz CT molecular complexity index is 558. The van der Waals surface area contributed by atoms with Gasteiger partial charge >= 0.3 is 0 Å². The Labute approximate surface area is 131 Å². The van der Waals surface area contributed by atoms with Gasteiger partial charge in [0.25, 0.3) is 0 Å². The van der Waals surface area contributed by atoms with E-state index >= 15 is 0 Å². The fraction of sp³-hybridized carbons (Fsp3) is 0.231. The van der Waals surface area contributed by atoms with Gasteiger partial charge in [-0.05, 0) is 11.6 Å². The van der Waals surface area contributed by atoms with Gasteiger partial charge in [-0.15, -0.1) is 11.3 Å². The van der Waals surface area contributed by atoms with Crippen LogP contribution in [0.5, 0.6) is 0 Å². The predicted octanol–water partition coefficient (Wildman–Crippen LogP) is 2.92. The molecule has 0 saturated heterocycles. The third-order valence-electron chi connectivity index (χ3n) is 2.39. The highest BCUT2D eigenvalue weighted by Gasteiger charge is 2.08. The number of hydrogen-bond acceptors (Lipinski definition) is 6. The number of nitrogens with zero attached hydrogens (tertiary/aromatic N) is 2. The molecule has 2 rings (SSSR count). The molecule has 20 heavy (non-hydrogen) atoms. The van der Waals surface area contributed by atoms with Crippen LogP contribution in [-0.4, -0.2) is 25.8 Å². The molecule has 0 spiro atoms. The van der Waals surface area contributed by atoms with Crippen LogP contribution in [0.1, 0.15) is 21.8 Å². The van der Waals surface area contributed by atoms with Gasteiger partial charge in [-0.1, -0.05) is 30.0 Å². The first-order chi connectivity index (χ1) is 9.75. The maximum Gasteiger partial charge on any atom is 0.192 e. The number of Topliss-reactive ketones (excluding diaryl/α,β-unsaturated/α-hetero) is 1. The number of thioether (sulfide) groups is 1. The second-order valence-electron chi connectivity index (χ2n) is 3.86. The van der Waals surface area contributed by atoms with Crippen LogP contribution in [0.2, 0.25) is 0 Å². The summed E-state index contributed by atoms with van der Waals surface area (Å²) in [7, 11) is 0. The molecule has 2 aromatic heterocycles. The van der Waals surface area contributed by atoms with E-state index in [0.29, 0.717) is 28.0 Å². The lowest BCUT2D eigenvalue weighted by Gasteiger charge is -2.06. The minimum atomic E-state index is 0.0718. The monoisotopic (exact) mass is 323 g/mol.